The van der Waals surface area contributed by atoms with Crippen LogP contribution < -0.4 is 22.1 Å². The zero-order valence-electron chi connectivity index (χ0n) is 15.6. The maximum atomic E-state index is 11.8. The summed E-state index contributed by atoms with van der Waals surface area (Å²) in [5.74, 6) is -0.174. The van der Waals surface area contributed by atoms with Crippen molar-refractivity contribution in [3.63, 3.8) is 0 Å². The summed E-state index contributed by atoms with van der Waals surface area (Å²) in [5, 5.41) is 15.3. The fraction of sp³-hybridized carbons (Fsp3) is 0.389. The summed E-state index contributed by atoms with van der Waals surface area (Å²) in [4.78, 5) is 20.5. The Kier molecular flexibility index (Phi) is 4.78. The maximum absolute atomic E-state index is 11.8. The van der Waals surface area contributed by atoms with Crippen molar-refractivity contribution in [2.45, 2.75) is 37.8 Å². The Labute approximate surface area is 161 Å². The van der Waals surface area contributed by atoms with Crippen LogP contribution >= 0.6 is 0 Å². The molecule has 146 valence electrons. The van der Waals surface area contributed by atoms with Crippen LogP contribution in [0.4, 0.5) is 17.5 Å². The summed E-state index contributed by atoms with van der Waals surface area (Å²) in [7, 11) is 1.93. The molecule has 0 unspecified atom stereocenters. The number of anilines is 3. The van der Waals surface area contributed by atoms with Crippen LogP contribution in [0.2, 0.25) is 0 Å². The highest BCUT2D eigenvalue weighted by molar-refractivity contribution is 5.98. The molecule has 0 aromatic carbocycles. The molecule has 3 heterocycles. The van der Waals surface area contributed by atoms with E-state index in [1.54, 1.807) is 12.4 Å². The molecular weight excluding hydrogens is 358 g/mol. The first-order chi connectivity index (χ1) is 13.5. The third kappa shape index (κ3) is 3.46. The van der Waals surface area contributed by atoms with E-state index in [0.29, 0.717) is 11.6 Å². The summed E-state index contributed by atoms with van der Waals surface area (Å²) >= 11 is 0. The van der Waals surface area contributed by atoms with E-state index in [9.17, 15) is 4.79 Å². The summed E-state index contributed by atoms with van der Waals surface area (Å²) in [6.07, 6.45) is 9.49. The van der Waals surface area contributed by atoms with Crippen LogP contribution in [-0.2, 0) is 7.05 Å². The second-order valence-corrected chi connectivity index (χ2v) is 7.07. The third-order valence-electron chi connectivity index (χ3n) is 5.12. The number of amides is 1. The number of primary amides is 1. The van der Waals surface area contributed by atoms with Crippen molar-refractivity contribution in [1.82, 2.24) is 24.7 Å². The van der Waals surface area contributed by atoms with Crippen molar-refractivity contribution in [2.24, 2.45) is 18.5 Å². The second-order valence-electron chi connectivity index (χ2n) is 7.07. The molecule has 0 spiro atoms. The van der Waals surface area contributed by atoms with Crippen LogP contribution in [0.25, 0.3) is 10.9 Å². The SMILES string of the molecule is Cn1ccc2c(Nc3nc(N[C@@H]4CCCC[C@@H]4N)nnc3C(N)=O)cncc21. The first-order valence-corrected chi connectivity index (χ1v) is 9.25. The van der Waals surface area contributed by atoms with Crippen LogP contribution in [0.15, 0.2) is 24.7 Å². The number of pyridine rings is 1. The lowest BCUT2D eigenvalue weighted by molar-refractivity contribution is 0.0995. The number of carbonyl (C=O) groups excluding carboxylic acids is 1. The zero-order chi connectivity index (χ0) is 19.7. The minimum atomic E-state index is -0.711. The lowest BCUT2D eigenvalue weighted by Crippen LogP contribution is -2.43. The van der Waals surface area contributed by atoms with Gasteiger partial charge in [-0.25, -0.2) is 0 Å². The number of nitrogens with one attached hydrogen (secondary N) is 2. The summed E-state index contributed by atoms with van der Waals surface area (Å²) in [5.41, 5.74) is 13.3. The van der Waals surface area contributed by atoms with Gasteiger partial charge in [0.1, 0.15) is 0 Å². The molecule has 10 nitrogen and oxygen atoms in total. The predicted molar refractivity (Wildman–Crippen MR) is 106 cm³/mol. The average molecular weight is 381 g/mol. The molecule has 0 aliphatic heterocycles. The molecule has 0 saturated heterocycles. The highest BCUT2D eigenvalue weighted by Crippen LogP contribution is 2.27. The molecule has 3 aromatic rings. The standard InChI is InChI=1S/C18H23N9O/c1-27-7-6-10-13(8-21-9-14(10)27)22-17-15(16(20)28)25-26-18(24-17)23-12-5-3-2-4-11(12)19/h6-9,11-12H,2-5,19H2,1H3,(H2,20,28)(H2,22,23,24,26)/t11-,12+/m0/s1. The number of nitrogens with two attached hydrogens (primary N) is 2. The van der Waals surface area contributed by atoms with Gasteiger partial charge >= 0.3 is 0 Å². The van der Waals surface area contributed by atoms with Gasteiger partial charge in [0.15, 0.2) is 11.5 Å². The summed E-state index contributed by atoms with van der Waals surface area (Å²) < 4.78 is 1.96. The van der Waals surface area contributed by atoms with Crippen molar-refractivity contribution in [2.75, 3.05) is 10.6 Å². The van der Waals surface area contributed by atoms with E-state index in [2.05, 4.69) is 30.8 Å². The molecule has 0 bridgehead atoms. The maximum Gasteiger partial charge on any atom is 0.273 e. The van der Waals surface area contributed by atoms with Gasteiger partial charge in [0, 0.05) is 30.7 Å². The van der Waals surface area contributed by atoms with Crippen molar-refractivity contribution >= 4 is 34.3 Å². The highest BCUT2D eigenvalue weighted by Gasteiger charge is 2.23. The van der Waals surface area contributed by atoms with Gasteiger partial charge in [0.2, 0.25) is 5.95 Å². The van der Waals surface area contributed by atoms with Gasteiger partial charge < -0.3 is 26.7 Å². The summed E-state index contributed by atoms with van der Waals surface area (Å²) in [6.45, 7) is 0. The number of fused-ring (bicyclic) bond motifs is 1. The van der Waals surface area contributed by atoms with Crippen LogP contribution in [0.3, 0.4) is 0 Å². The molecule has 3 aromatic heterocycles. The van der Waals surface area contributed by atoms with Gasteiger partial charge in [0.05, 0.1) is 23.6 Å². The smallest absolute Gasteiger partial charge is 0.273 e. The molecule has 1 amide bonds. The van der Waals surface area contributed by atoms with Gasteiger partial charge in [-0.2, -0.15) is 4.98 Å². The third-order valence-corrected chi connectivity index (χ3v) is 5.12. The monoisotopic (exact) mass is 381 g/mol. The lowest BCUT2D eigenvalue weighted by Gasteiger charge is -2.29. The van der Waals surface area contributed by atoms with Crippen molar-refractivity contribution in [1.29, 1.82) is 0 Å². The summed E-state index contributed by atoms with van der Waals surface area (Å²) in [6, 6.07) is 2.06. The molecule has 0 radical (unpaired) electrons. The Morgan fingerprint density at radius 1 is 1.25 bits per heavy atom. The van der Waals surface area contributed by atoms with Crippen LogP contribution in [0.5, 0.6) is 0 Å². The fourth-order valence-electron chi connectivity index (χ4n) is 3.55. The number of rotatable bonds is 5. The van der Waals surface area contributed by atoms with Crippen molar-refractivity contribution in [3.8, 4) is 0 Å². The van der Waals surface area contributed by atoms with E-state index in [-0.39, 0.29) is 23.6 Å². The Hall–Kier alpha value is -3.27. The van der Waals surface area contributed by atoms with E-state index in [4.69, 9.17) is 11.5 Å². The fourth-order valence-corrected chi connectivity index (χ4v) is 3.55. The quantitative estimate of drug-likeness (QED) is 0.516. The van der Waals surface area contributed by atoms with Gasteiger partial charge in [-0.3, -0.25) is 9.78 Å². The Bertz CT molecular complexity index is 1020. The lowest BCUT2D eigenvalue weighted by atomic mass is 9.91. The topological polar surface area (TPSA) is 150 Å². The van der Waals surface area contributed by atoms with E-state index in [0.717, 1.165) is 36.6 Å². The Balaban J connectivity index is 1.67. The van der Waals surface area contributed by atoms with Gasteiger partial charge in [-0.15, -0.1) is 10.2 Å². The minimum Gasteiger partial charge on any atom is -0.364 e. The predicted octanol–water partition coefficient (Wildman–Crippen LogP) is 1.28. The normalized spacial score (nSPS) is 19.5. The van der Waals surface area contributed by atoms with E-state index >= 15 is 0 Å². The van der Waals surface area contributed by atoms with Crippen molar-refractivity contribution < 1.29 is 4.79 Å². The number of aryl methyl sites for hydroxylation is 1. The minimum absolute atomic E-state index is 0.0341. The van der Waals surface area contributed by atoms with E-state index in [1.165, 1.54) is 0 Å². The number of hydrogen-bond acceptors (Lipinski definition) is 8. The average Bonchev–Trinajstić information content (AvgIpc) is 3.06. The first-order valence-electron chi connectivity index (χ1n) is 9.25. The Morgan fingerprint density at radius 2 is 2.07 bits per heavy atom. The zero-order valence-corrected chi connectivity index (χ0v) is 15.6. The molecule has 2 atom stereocenters. The largest absolute Gasteiger partial charge is 0.364 e. The molecule has 28 heavy (non-hydrogen) atoms. The van der Waals surface area contributed by atoms with E-state index < -0.39 is 5.91 Å². The van der Waals surface area contributed by atoms with Gasteiger partial charge in [0.25, 0.3) is 5.91 Å². The molecular formula is C18H23N9O. The van der Waals surface area contributed by atoms with Crippen LogP contribution in [0.1, 0.15) is 36.2 Å². The van der Waals surface area contributed by atoms with E-state index in [1.807, 2.05) is 23.9 Å². The number of hydrogen-bond donors (Lipinski definition) is 4. The van der Waals surface area contributed by atoms with Gasteiger partial charge in [-0.05, 0) is 18.9 Å². The first kappa shape index (κ1) is 18.1. The number of carbonyl (C=O) groups is 1. The van der Waals surface area contributed by atoms with Gasteiger partial charge in [-0.1, -0.05) is 12.8 Å². The second kappa shape index (κ2) is 7.39. The van der Waals surface area contributed by atoms with Crippen molar-refractivity contribution in [3.05, 3.63) is 30.4 Å². The van der Waals surface area contributed by atoms with Crippen LogP contribution in [-0.4, -0.2) is 42.7 Å². The Morgan fingerprint density at radius 3 is 2.86 bits per heavy atom. The molecule has 6 N–H and O–H groups in total. The molecule has 10 heteroatoms. The number of nitrogens with zero attached hydrogens (tertiary/aromatic N) is 5. The highest BCUT2D eigenvalue weighted by atomic mass is 16.1. The van der Waals surface area contributed by atoms with Crippen LogP contribution in [0, 0.1) is 0 Å². The number of aromatic nitrogens is 5. The molecule has 1 aliphatic carbocycles. The molecule has 1 fully saturated rings. The molecule has 1 saturated carbocycles. The molecule has 4 rings (SSSR count). The molecule has 1 aliphatic rings.